The average Bonchev–Trinajstić information content (AvgIpc) is 3.10. The Hall–Kier alpha value is -6.36. The third kappa shape index (κ3) is 4.68. The molecule has 0 aliphatic rings. The van der Waals surface area contributed by atoms with Crippen LogP contribution in [0.15, 0.2) is 158 Å². The van der Waals surface area contributed by atoms with Gasteiger partial charge in [-0.15, -0.1) is 0 Å². The number of fused-ring (bicyclic) bond motifs is 2. The number of hydrogen-bond donors (Lipinski definition) is 0. The molecule has 0 heterocycles. The van der Waals surface area contributed by atoms with Crippen LogP contribution in [-0.4, -0.2) is 0 Å². The largest absolute Gasteiger partial charge is 0.308 e. The standard InChI is InChI=1S/C40H26N4/c41-27-31-25-39(43(33-17-3-1-4-18-33)37-23-11-15-29-13-7-9-21-35(29)37)40(26-32(31)28-42)44(34-19-5-2-6-20-34)38-24-12-16-30-14-8-10-22-36(30)38/h1-26H. The summed E-state index contributed by atoms with van der Waals surface area (Å²) >= 11 is 0. The molecule has 4 nitrogen and oxygen atoms in total. The van der Waals surface area contributed by atoms with Crippen LogP contribution in [0.5, 0.6) is 0 Å². The number of para-hydroxylation sites is 2. The Morgan fingerprint density at radius 1 is 0.364 bits per heavy atom. The molecule has 7 rings (SSSR count). The molecule has 0 aliphatic carbocycles. The molecule has 0 spiro atoms. The summed E-state index contributed by atoms with van der Waals surface area (Å²) in [6, 6.07) is 57.8. The van der Waals surface area contributed by atoms with E-state index in [0.29, 0.717) is 11.1 Å². The number of nitriles is 2. The van der Waals surface area contributed by atoms with Crippen molar-refractivity contribution in [2.45, 2.75) is 0 Å². The first-order valence-corrected chi connectivity index (χ1v) is 14.4. The Kier molecular flexibility index (Phi) is 6.93. The van der Waals surface area contributed by atoms with Crippen LogP contribution in [0.4, 0.5) is 34.1 Å². The number of rotatable bonds is 6. The fourth-order valence-corrected chi connectivity index (χ4v) is 5.90. The van der Waals surface area contributed by atoms with Gasteiger partial charge in [0.1, 0.15) is 12.1 Å². The highest BCUT2D eigenvalue weighted by Crippen LogP contribution is 2.49. The van der Waals surface area contributed by atoms with Crippen LogP contribution in [0.1, 0.15) is 11.1 Å². The van der Waals surface area contributed by atoms with Crippen LogP contribution >= 0.6 is 0 Å². The second-order valence-electron chi connectivity index (χ2n) is 10.4. The van der Waals surface area contributed by atoms with E-state index in [-0.39, 0.29) is 0 Å². The van der Waals surface area contributed by atoms with Gasteiger partial charge in [-0.1, -0.05) is 109 Å². The van der Waals surface area contributed by atoms with E-state index in [9.17, 15) is 10.5 Å². The highest BCUT2D eigenvalue weighted by molar-refractivity contribution is 6.04. The summed E-state index contributed by atoms with van der Waals surface area (Å²) in [5.41, 5.74) is 6.00. The van der Waals surface area contributed by atoms with Gasteiger partial charge in [0.05, 0.1) is 33.9 Å². The first-order chi connectivity index (χ1) is 21.8. The first-order valence-electron chi connectivity index (χ1n) is 14.4. The number of nitrogens with zero attached hydrogens (tertiary/aromatic N) is 4. The van der Waals surface area contributed by atoms with Crippen LogP contribution in [0.3, 0.4) is 0 Å². The van der Waals surface area contributed by atoms with Crippen LogP contribution in [0.25, 0.3) is 21.5 Å². The fraction of sp³-hybridized carbons (Fsp3) is 0. The van der Waals surface area contributed by atoms with Crippen molar-refractivity contribution in [3.05, 3.63) is 169 Å². The summed E-state index contributed by atoms with van der Waals surface area (Å²) in [6.07, 6.45) is 0. The first kappa shape index (κ1) is 26.5. The lowest BCUT2D eigenvalue weighted by molar-refractivity contribution is 1.23. The van der Waals surface area contributed by atoms with Crippen LogP contribution in [-0.2, 0) is 0 Å². The highest BCUT2D eigenvalue weighted by Gasteiger charge is 2.26. The molecule has 0 saturated carbocycles. The Morgan fingerprint density at radius 3 is 1.14 bits per heavy atom. The van der Waals surface area contributed by atoms with Crippen molar-refractivity contribution in [1.82, 2.24) is 0 Å². The quantitative estimate of drug-likeness (QED) is 0.202. The molecule has 0 aliphatic heterocycles. The normalized spacial score (nSPS) is 10.7. The van der Waals surface area contributed by atoms with Gasteiger partial charge in [-0.25, -0.2) is 0 Å². The lowest BCUT2D eigenvalue weighted by atomic mass is 10.0. The molecule has 0 radical (unpaired) electrons. The maximum Gasteiger partial charge on any atom is 0.101 e. The molecule has 0 bridgehead atoms. The third-order valence-electron chi connectivity index (χ3n) is 7.88. The fourth-order valence-electron chi connectivity index (χ4n) is 5.90. The molecule has 0 fully saturated rings. The van der Waals surface area contributed by atoms with E-state index in [1.165, 1.54) is 0 Å². The van der Waals surface area contributed by atoms with Gasteiger partial charge in [-0.2, -0.15) is 10.5 Å². The Labute approximate surface area is 256 Å². The highest BCUT2D eigenvalue weighted by atomic mass is 15.2. The van der Waals surface area contributed by atoms with Gasteiger partial charge in [-0.3, -0.25) is 0 Å². The van der Waals surface area contributed by atoms with Gasteiger partial charge in [0.25, 0.3) is 0 Å². The molecule has 7 aromatic rings. The van der Waals surface area contributed by atoms with Crippen LogP contribution < -0.4 is 9.80 Å². The van der Waals surface area contributed by atoms with Crippen molar-refractivity contribution in [2.24, 2.45) is 0 Å². The van der Waals surface area contributed by atoms with Gasteiger partial charge in [0, 0.05) is 22.1 Å². The van der Waals surface area contributed by atoms with Crippen molar-refractivity contribution < 1.29 is 0 Å². The van der Waals surface area contributed by atoms with E-state index < -0.39 is 0 Å². The SMILES string of the molecule is N#Cc1cc(N(c2ccccc2)c2cccc3ccccc23)c(N(c2ccccc2)c2cccc3ccccc23)cc1C#N. The molecule has 206 valence electrons. The van der Waals surface area contributed by atoms with E-state index in [0.717, 1.165) is 55.7 Å². The van der Waals surface area contributed by atoms with E-state index in [1.807, 2.05) is 72.8 Å². The van der Waals surface area contributed by atoms with Crippen molar-refractivity contribution in [3.8, 4) is 12.1 Å². The van der Waals surface area contributed by atoms with Crippen molar-refractivity contribution in [2.75, 3.05) is 9.80 Å². The van der Waals surface area contributed by atoms with Crippen molar-refractivity contribution in [3.63, 3.8) is 0 Å². The summed E-state index contributed by atoms with van der Waals surface area (Å²) in [4.78, 5) is 4.39. The topological polar surface area (TPSA) is 54.1 Å². The Balaban J connectivity index is 1.61. The molecule has 0 unspecified atom stereocenters. The summed E-state index contributed by atoms with van der Waals surface area (Å²) in [7, 11) is 0. The summed E-state index contributed by atoms with van der Waals surface area (Å²) in [5.74, 6) is 0. The zero-order valence-corrected chi connectivity index (χ0v) is 23.8. The predicted octanol–water partition coefficient (Wildman–Crippen LogP) is 10.7. The Morgan fingerprint density at radius 2 is 0.727 bits per heavy atom. The maximum atomic E-state index is 10.2. The van der Waals surface area contributed by atoms with E-state index in [2.05, 4.69) is 107 Å². The molecule has 7 aromatic carbocycles. The summed E-state index contributed by atoms with van der Waals surface area (Å²) in [6.45, 7) is 0. The summed E-state index contributed by atoms with van der Waals surface area (Å²) < 4.78 is 0. The van der Waals surface area contributed by atoms with E-state index in [1.54, 1.807) is 0 Å². The Bertz CT molecular complexity index is 2040. The molecule has 0 aromatic heterocycles. The smallest absolute Gasteiger partial charge is 0.101 e. The van der Waals surface area contributed by atoms with E-state index >= 15 is 0 Å². The maximum absolute atomic E-state index is 10.2. The second-order valence-corrected chi connectivity index (χ2v) is 10.4. The van der Waals surface area contributed by atoms with Gasteiger partial charge in [0.2, 0.25) is 0 Å². The minimum absolute atomic E-state index is 0.318. The lowest BCUT2D eigenvalue weighted by Gasteiger charge is -2.34. The minimum atomic E-state index is 0.318. The second kappa shape index (κ2) is 11.5. The molecule has 0 amide bonds. The lowest BCUT2D eigenvalue weighted by Crippen LogP contribution is -2.18. The monoisotopic (exact) mass is 562 g/mol. The van der Waals surface area contributed by atoms with Gasteiger partial charge < -0.3 is 9.80 Å². The van der Waals surface area contributed by atoms with Crippen molar-refractivity contribution >= 4 is 55.7 Å². The van der Waals surface area contributed by atoms with Gasteiger partial charge in [0.15, 0.2) is 0 Å². The zero-order valence-electron chi connectivity index (χ0n) is 23.8. The summed E-state index contributed by atoms with van der Waals surface area (Å²) in [5, 5.41) is 24.8. The molecule has 4 heteroatoms. The van der Waals surface area contributed by atoms with E-state index in [4.69, 9.17) is 0 Å². The van der Waals surface area contributed by atoms with Crippen LogP contribution in [0, 0.1) is 22.7 Å². The molecule has 44 heavy (non-hydrogen) atoms. The molecule has 0 N–H and O–H groups in total. The number of hydrogen-bond acceptors (Lipinski definition) is 4. The molecular weight excluding hydrogens is 536 g/mol. The van der Waals surface area contributed by atoms with Crippen molar-refractivity contribution in [1.29, 1.82) is 10.5 Å². The number of benzene rings is 7. The molecule has 0 saturated heterocycles. The molecular formula is C40H26N4. The van der Waals surface area contributed by atoms with Gasteiger partial charge >= 0.3 is 0 Å². The average molecular weight is 563 g/mol. The van der Waals surface area contributed by atoms with Gasteiger partial charge in [-0.05, 0) is 59.3 Å². The minimum Gasteiger partial charge on any atom is -0.308 e. The predicted molar refractivity (Wildman–Crippen MR) is 180 cm³/mol. The number of anilines is 6. The van der Waals surface area contributed by atoms with Crippen LogP contribution in [0.2, 0.25) is 0 Å². The third-order valence-corrected chi connectivity index (χ3v) is 7.88. The zero-order chi connectivity index (χ0) is 29.9. The molecule has 0 atom stereocenters.